The number of hydrogen-bond acceptors (Lipinski definition) is 4. The summed E-state index contributed by atoms with van der Waals surface area (Å²) in [5, 5.41) is 0. The van der Waals surface area contributed by atoms with Crippen LogP contribution in [0.25, 0.3) is 11.1 Å². The number of halogens is 1. The third kappa shape index (κ3) is 5.07. The fraction of sp³-hybridized carbons (Fsp3) is 0.360. The standard InChI is InChI=1S/C25H28FN3O3S/c1-16(2)29-15-27-22-14-21(26)24(28-33(3,31)32)20(23(22)25(29)30)13-17-8-7-11-19(12-17)18-9-5-4-6-10-18/h4-12,15-16,20-21,24,28H,13-14H2,1-3H3/t20-,21-,24-/m1/s1. The molecule has 3 aromatic rings. The fourth-order valence-corrected chi connectivity index (χ4v) is 5.36. The highest BCUT2D eigenvalue weighted by Gasteiger charge is 2.41. The summed E-state index contributed by atoms with van der Waals surface area (Å²) in [6.45, 7) is 3.75. The second kappa shape index (κ2) is 9.19. The molecule has 0 amide bonds. The van der Waals surface area contributed by atoms with Crippen LogP contribution in [0.1, 0.15) is 42.6 Å². The highest BCUT2D eigenvalue weighted by Crippen LogP contribution is 2.34. The van der Waals surface area contributed by atoms with Gasteiger partial charge in [0.25, 0.3) is 5.56 Å². The van der Waals surface area contributed by atoms with Crippen molar-refractivity contribution in [2.24, 2.45) is 0 Å². The van der Waals surface area contributed by atoms with Gasteiger partial charge in [0.1, 0.15) is 6.17 Å². The van der Waals surface area contributed by atoms with Crippen LogP contribution < -0.4 is 10.3 Å². The molecule has 3 atom stereocenters. The minimum absolute atomic E-state index is 0.1000. The Kier molecular flexibility index (Phi) is 6.50. The SMILES string of the molecule is CC(C)n1cnc2c(c1=O)[C@@H](Cc1cccc(-c3ccccc3)c1)[C@@H](NS(C)(=O)=O)[C@H](F)C2. The van der Waals surface area contributed by atoms with Gasteiger partial charge in [0, 0.05) is 23.9 Å². The van der Waals surface area contributed by atoms with E-state index in [2.05, 4.69) is 9.71 Å². The number of nitrogens with one attached hydrogen (secondary N) is 1. The van der Waals surface area contributed by atoms with Crippen LogP contribution in [-0.4, -0.2) is 36.4 Å². The van der Waals surface area contributed by atoms with Crippen LogP contribution in [-0.2, 0) is 22.9 Å². The maximum atomic E-state index is 15.3. The summed E-state index contributed by atoms with van der Waals surface area (Å²) >= 11 is 0. The average Bonchev–Trinajstić information content (AvgIpc) is 2.76. The largest absolute Gasteiger partial charge is 0.296 e. The van der Waals surface area contributed by atoms with Gasteiger partial charge in [-0.25, -0.2) is 22.5 Å². The van der Waals surface area contributed by atoms with Crippen molar-refractivity contribution in [3.63, 3.8) is 0 Å². The van der Waals surface area contributed by atoms with E-state index in [0.29, 0.717) is 17.7 Å². The van der Waals surface area contributed by atoms with Gasteiger partial charge in [-0.1, -0.05) is 54.6 Å². The molecule has 0 bridgehead atoms. The van der Waals surface area contributed by atoms with E-state index in [9.17, 15) is 13.2 Å². The number of hydrogen-bond donors (Lipinski definition) is 1. The highest BCUT2D eigenvalue weighted by molar-refractivity contribution is 7.88. The van der Waals surface area contributed by atoms with Crippen LogP contribution in [0.15, 0.2) is 65.7 Å². The van der Waals surface area contributed by atoms with E-state index < -0.39 is 28.2 Å². The summed E-state index contributed by atoms with van der Waals surface area (Å²) in [5.74, 6) is -0.685. The van der Waals surface area contributed by atoms with Crippen molar-refractivity contribution < 1.29 is 12.8 Å². The van der Waals surface area contributed by atoms with Crippen LogP contribution in [0.2, 0.25) is 0 Å². The Morgan fingerprint density at radius 3 is 2.48 bits per heavy atom. The lowest BCUT2D eigenvalue weighted by atomic mass is 9.77. The van der Waals surface area contributed by atoms with E-state index in [-0.39, 0.29) is 18.0 Å². The first-order valence-electron chi connectivity index (χ1n) is 11.0. The first kappa shape index (κ1) is 23.3. The molecule has 1 aliphatic carbocycles. The third-order valence-electron chi connectivity index (χ3n) is 6.09. The van der Waals surface area contributed by atoms with E-state index in [1.807, 2.05) is 68.4 Å². The highest BCUT2D eigenvalue weighted by atomic mass is 32.2. The number of fused-ring (bicyclic) bond motifs is 1. The predicted molar refractivity (Wildman–Crippen MR) is 128 cm³/mol. The van der Waals surface area contributed by atoms with Crippen LogP contribution in [0, 0.1) is 0 Å². The van der Waals surface area contributed by atoms with Gasteiger partial charge in [-0.05, 0) is 37.0 Å². The normalized spacial score (nSPS) is 20.6. The molecular weight excluding hydrogens is 441 g/mol. The number of alkyl halides is 1. The number of rotatable bonds is 6. The molecule has 6 nitrogen and oxygen atoms in total. The molecule has 0 spiro atoms. The van der Waals surface area contributed by atoms with Gasteiger partial charge in [0.2, 0.25) is 10.0 Å². The van der Waals surface area contributed by atoms with Gasteiger partial charge >= 0.3 is 0 Å². The van der Waals surface area contributed by atoms with E-state index in [4.69, 9.17) is 0 Å². The Bertz CT molecular complexity index is 1310. The average molecular weight is 470 g/mol. The van der Waals surface area contributed by atoms with E-state index >= 15 is 4.39 Å². The Morgan fingerprint density at radius 2 is 1.82 bits per heavy atom. The fourth-order valence-electron chi connectivity index (χ4n) is 4.56. The molecule has 0 saturated heterocycles. The molecule has 174 valence electrons. The lowest BCUT2D eigenvalue weighted by molar-refractivity contribution is 0.220. The quantitative estimate of drug-likeness (QED) is 0.598. The number of nitrogens with zero attached hydrogens (tertiary/aromatic N) is 2. The first-order chi connectivity index (χ1) is 15.6. The van der Waals surface area contributed by atoms with Crippen molar-refractivity contribution >= 4 is 10.0 Å². The summed E-state index contributed by atoms with van der Waals surface area (Å²) < 4.78 is 43.4. The summed E-state index contributed by atoms with van der Waals surface area (Å²) in [4.78, 5) is 17.8. The Labute approximate surface area is 193 Å². The van der Waals surface area contributed by atoms with Gasteiger partial charge in [-0.15, -0.1) is 0 Å². The number of benzene rings is 2. The summed E-state index contributed by atoms with van der Waals surface area (Å²) in [5.41, 5.74) is 3.49. The zero-order chi connectivity index (χ0) is 23.8. The van der Waals surface area contributed by atoms with E-state index in [1.165, 1.54) is 10.9 Å². The van der Waals surface area contributed by atoms with Gasteiger partial charge in [-0.3, -0.25) is 9.36 Å². The van der Waals surface area contributed by atoms with Crippen molar-refractivity contribution in [1.29, 1.82) is 0 Å². The Morgan fingerprint density at radius 1 is 1.12 bits per heavy atom. The lowest BCUT2D eigenvalue weighted by Gasteiger charge is -2.35. The molecule has 0 radical (unpaired) electrons. The topological polar surface area (TPSA) is 81.1 Å². The van der Waals surface area contributed by atoms with Gasteiger partial charge in [-0.2, -0.15) is 0 Å². The maximum absolute atomic E-state index is 15.3. The first-order valence-corrected chi connectivity index (χ1v) is 12.9. The third-order valence-corrected chi connectivity index (χ3v) is 6.79. The van der Waals surface area contributed by atoms with Crippen molar-refractivity contribution in [2.45, 2.75) is 50.9 Å². The molecule has 1 N–H and O–H groups in total. The Balaban J connectivity index is 1.81. The molecule has 0 unspecified atom stereocenters. The predicted octanol–water partition coefficient (Wildman–Crippen LogP) is 3.63. The van der Waals surface area contributed by atoms with Crippen molar-refractivity contribution in [1.82, 2.24) is 14.3 Å². The zero-order valence-corrected chi connectivity index (χ0v) is 19.7. The molecular formula is C25H28FN3O3S. The smallest absolute Gasteiger partial charge is 0.257 e. The summed E-state index contributed by atoms with van der Waals surface area (Å²) in [7, 11) is -3.69. The van der Waals surface area contributed by atoms with Crippen LogP contribution in [0.4, 0.5) is 4.39 Å². The maximum Gasteiger partial charge on any atom is 0.257 e. The zero-order valence-electron chi connectivity index (χ0n) is 18.9. The molecule has 1 aliphatic rings. The molecule has 0 saturated carbocycles. The molecule has 1 heterocycles. The van der Waals surface area contributed by atoms with Crippen molar-refractivity contribution in [2.75, 3.05) is 6.26 Å². The van der Waals surface area contributed by atoms with Crippen molar-refractivity contribution in [3.05, 3.63) is 88.1 Å². The molecule has 33 heavy (non-hydrogen) atoms. The number of sulfonamides is 1. The minimum Gasteiger partial charge on any atom is -0.296 e. The second-order valence-electron chi connectivity index (χ2n) is 8.92. The monoisotopic (exact) mass is 469 g/mol. The van der Waals surface area contributed by atoms with E-state index in [1.54, 1.807) is 0 Å². The van der Waals surface area contributed by atoms with Crippen LogP contribution in [0.5, 0.6) is 0 Å². The van der Waals surface area contributed by atoms with Gasteiger partial charge in [0.05, 0.1) is 24.3 Å². The lowest BCUT2D eigenvalue weighted by Crippen LogP contribution is -2.51. The van der Waals surface area contributed by atoms with Gasteiger partial charge < -0.3 is 0 Å². The van der Waals surface area contributed by atoms with Crippen molar-refractivity contribution in [3.8, 4) is 11.1 Å². The second-order valence-corrected chi connectivity index (χ2v) is 10.7. The molecule has 4 rings (SSSR count). The van der Waals surface area contributed by atoms with E-state index in [0.717, 1.165) is 22.9 Å². The molecule has 0 aliphatic heterocycles. The van der Waals surface area contributed by atoms with Gasteiger partial charge in [0.15, 0.2) is 0 Å². The molecule has 0 fully saturated rings. The number of aromatic nitrogens is 2. The molecule has 2 aromatic carbocycles. The van der Waals surface area contributed by atoms with Crippen LogP contribution in [0.3, 0.4) is 0 Å². The van der Waals surface area contributed by atoms with Crippen LogP contribution >= 0.6 is 0 Å². The minimum atomic E-state index is -3.69. The Hall–Kier alpha value is -2.84. The summed E-state index contributed by atoms with van der Waals surface area (Å²) in [6.07, 6.45) is 1.18. The molecule has 1 aromatic heterocycles. The molecule has 8 heteroatoms. The summed E-state index contributed by atoms with van der Waals surface area (Å²) in [6, 6.07) is 16.5.